The van der Waals surface area contributed by atoms with Crippen LogP contribution in [0.3, 0.4) is 0 Å². The molecule has 0 saturated heterocycles. The van der Waals surface area contributed by atoms with E-state index in [9.17, 15) is 14.9 Å². The van der Waals surface area contributed by atoms with Crippen LogP contribution in [0.4, 0.5) is 17.2 Å². The van der Waals surface area contributed by atoms with Crippen molar-refractivity contribution >= 4 is 55.4 Å². The number of aromatic nitrogens is 3. The molecule has 0 saturated carbocycles. The Morgan fingerprint density at radius 2 is 2.00 bits per heavy atom. The highest BCUT2D eigenvalue weighted by Crippen LogP contribution is 2.41. The minimum atomic E-state index is -0.715. The summed E-state index contributed by atoms with van der Waals surface area (Å²) in [5.41, 5.74) is 12.6. The summed E-state index contributed by atoms with van der Waals surface area (Å²) in [4.78, 5) is 30.4. The SMILES string of the molecule is C[n+]1[nH]oc(=O)c1-c1c(C#N)c(N)nc2sc(C(=O)Nc3cccc4ccccc34)c(N)c12. The summed E-state index contributed by atoms with van der Waals surface area (Å²) in [5.74, 6) is -0.525. The topological polar surface area (TPSA) is 168 Å². The normalized spacial score (nSPS) is 11.0. The lowest BCUT2D eigenvalue weighted by Gasteiger charge is -2.08. The number of aromatic amines is 1. The average molecular weight is 458 g/mol. The van der Waals surface area contributed by atoms with Crippen molar-refractivity contribution in [2.45, 2.75) is 0 Å². The van der Waals surface area contributed by atoms with Crippen LogP contribution in [0.25, 0.3) is 32.2 Å². The van der Waals surface area contributed by atoms with Crippen LogP contribution < -0.4 is 27.1 Å². The van der Waals surface area contributed by atoms with Gasteiger partial charge in [0.2, 0.25) is 0 Å². The van der Waals surface area contributed by atoms with Gasteiger partial charge in [0.05, 0.1) is 16.6 Å². The second-order valence-corrected chi connectivity index (χ2v) is 8.25. The van der Waals surface area contributed by atoms with Crippen molar-refractivity contribution < 1.29 is 14.0 Å². The van der Waals surface area contributed by atoms with Gasteiger partial charge < -0.3 is 16.8 Å². The van der Waals surface area contributed by atoms with Gasteiger partial charge in [-0.3, -0.25) is 9.32 Å². The zero-order chi connectivity index (χ0) is 23.3. The molecule has 1 amide bonds. The second kappa shape index (κ2) is 7.47. The molecule has 0 radical (unpaired) electrons. The summed E-state index contributed by atoms with van der Waals surface area (Å²) < 4.78 is 6.16. The van der Waals surface area contributed by atoms with Crippen LogP contribution >= 0.6 is 11.3 Å². The van der Waals surface area contributed by atoms with Gasteiger partial charge in [0.1, 0.15) is 27.2 Å². The van der Waals surface area contributed by atoms with Gasteiger partial charge in [0.25, 0.3) is 5.91 Å². The van der Waals surface area contributed by atoms with Crippen LogP contribution in [0.2, 0.25) is 0 Å². The summed E-state index contributed by atoms with van der Waals surface area (Å²) in [6.45, 7) is 0. The Labute approximate surface area is 189 Å². The molecule has 10 nitrogen and oxygen atoms in total. The summed E-state index contributed by atoms with van der Waals surface area (Å²) in [6.07, 6.45) is 0. The number of aryl methyl sites for hydroxylation is 1. The van der Waals surface area contributed by atoms with Crippen molar-refractivity contribution in [3.63, 3.8) is 0 Å². The maximum Gasteiger partial charge on any atom is 0.435 e. The number of nitrogens with one attached hydrogen (secondary N) is 2. The highest BCUT2D eigenvalue weighted by Gasteiger charge is 2.32. The van der Waals surface area contributed by atoms with Crippen molar-refractivity contribution in [1.82, 2.24) is 10.3 Å². The number of nitrogen functional groups attached to an aromatic ring is 2. The van der Waals surface area contributed by atoms with E-state index >= 15 is 0 Å². The van der Waals surface area contributed by atoms with E-state index in [1.807, 2.05) is 42.5 Å². The Morgan fingerprint density at radius 1 is 1.24 bits per heavy atom. The fourth-order valence-electron chi connectivity index (χ4n) is 3.81. The number of anilines is 3. The van der Waals surface area contributed by atoms with Crippen molar-refractivity contribution in [1.29, 1.82) is 5.26 Å². The van der Waals surface area contributed by atoms with Crippen molar-refractivity contribution in [2.75, 3.05) is 16.8 Å². The highest BCUT2D eigenvalue weighted by molar-refractivity contribution is 7.21. The number of nitrogens with two attached hydrogens (primary N) is 2. The Bertz CT molecular complexity index is 1690. The van der Waals surface area contributed by atoms with E-state index in [1.54, 1.807) is 13.1 Å². The fraction of sp³-hybridized carbons (Fsp3) is 0.0455. The van der Waals surface area contributed by atoms with Crippen molar-refractivity contribution in [2.24, 2.45) is 7.05 Å². The maximum atomic E-state index is 13.2. The third kappa shape index (κ3) is 3.08. The average Bonchev–Trinajstić information content (AvgIpc) is 3.31. The molecular formula is C22H16N7O3S+. The van der Waals surface area contributed by atoms with Gasteiger partial charge in [-0.2, -0.15) is 5.26 Å². The molecule has 3 aromatic heterocycles. The summed E-state index contributed by atoms with van der Waals surface area (Å²) in [5, 5.41) is 17.2. The molecule has 5 rings (SSSR count). The number of thiophene rings is 1. The van der Waals surface area contributed by atoms with Crippen LogP contribution in [-0.2, 0) is 7.05 Å². The molecular weight excluding hydrogens is 442 g/mol. The number of pyridine rings is 1. The predicted octanol–water partition coefficient (Wildman–Crippen LogP) is 2.51. The Kier molecular flexibility index (Phi) is 4.58. The summed E-state index contributed by atoms with van der Waals surface area (Å²) >= 11 is 1.02. The van der Waals surface area contributed by atoms with Gasteiger partial charge >= 0.3 is 11.3 Å². The molecule has 6 N–H and O–H groups in total. The highest BCUT2D eigenvalue weighted by atomic mass is 32.1. The van der Waals surface area contributed by atoms with E-state index < -0.39 is 11.5 Å². The zero-order valence-corrected chi connectivity index (χ0v) is 18.0. The number of hydrogen-bond acceptors (Lipinski definition) is 8. The monoisotopic (exact) mass is 458 g/mol. The number of carbonyl (C=O) groups is 1. The Balaban J connectivity index is 1.71. The van der Waals surface area contributed by atoms with Gasteiger partial charge in [-0.25, -0.2) is 9.78 Å². The number of benzene rings is 2. The van der Waals surface area contributed by atoms with E-state index in [0.717, 1.165) is 22.1 Å². The van der Waals surface area contributed by atoms with Gasteiger partial charge in [0, 0.05) is 11.1 Å². The number of nitrogens with zero attached hydrogens (tertiary/aromatic N) is 3. The lowest BCUT2D eigenvalue weighted by atomic mass is 10.0. The van der Waals surface area contributed by atoms with Gasteiger partial charge in [0.15, 0.2) is 7.05 Å². The molecule has 0 fully saturated rings. The second-order valence-electron chi connectivity index (χ2n) is 7.25. The molecule has 0 bridgehead atoms. The molecule has 0 aliphatic rings. The molecule has 0 aliphatic carbocycles. The molecule has 0 aliphatic heterocycles. The first-order chi connectivity index (χ1) is 15.9. The number of amides is 1. The third-order valence-corrected chi connectivity index (χ3v) is 6.40. The van der Waals surface area contributed by atoms with E-state index in [0.29, 0.717) is 10.5 Å². The standard InChI is InChI=1S/C22H15N7O3S/c1-29-17(22(31)32-28-29)14-12(9-23)19(25)27-21-15(14)16(24)18(33-21)20(30)26-13-8-4-6-10-5-2-3-7-11(10)13/h2-8H,1H3,(H5-,24,25,26,27,28,30,31)/p+1. The molecule has 3 heterocycles. The Morgan fingerprint density at radius 3 is 2.73 bits per heavy atom. The van der Waals surface area contributed by atoms with Gasteiger partial charge in [-0.15, -0.1) is 11.3 Å². The largest absolute Gasteiger partial charge is 0.435 e. The molecule has 2 aromatic carbocycles. The molecule has 0 unspecified atom stereocenters. The smallest absolute Gasteiger partial charge is 0.397 e. The lowest BCUT2D eigenvalue weighted by molar-refractivity contribution is -0.730. The molecule has 33 heavy (non-hydrogen) atoms. The van der Waals surface area contributed by atoms with E-state index in [1.165, 1.54) is 4.68 Å². The molecule has 0 spiro atoms. The molecule has 0 atom stereocenters. The minimum Gasteiger partial charge on any atom is -0.397 e. The number of hydrogen-bond donors (Lipinski definition) is 4. The van der Waals surface area contributed by atoms with Gasteiger partial charge in [-0.1, -0.05) is 41.1 Å². The van der Waals surface area contributed by atoms with Crippen LogP contribution in [0.15, 0.2) is 51.8 Å². The van der Waals surface area contributed by atoms with E-state index in [-0.39, 0.29) is 38.6 Å². The lowest BCUT2D eigenvalue weighted by Crippen LogP contribution is -2.34. The minimum absolute atomic E-state index is 0.0319. The number of rotatable bonds is 3. The van der Waals surface area contributed by atoms with Crippen LogP contribution in [-0.4, -0.2) is 16.2 Å². The molecule has 11 heteroatoms. The number of H-pyrrole nitrogens is 1. The quantitative estimate of drug-likeness (QED) is 0.301. The first-order valence-corrected chi connectivity index (χ1v) is 10.5. The first-order valence-electron chi connectivity index (χ1n) is 9.69. The van der Waals surface area contributed by atoms with E-state index in [2.05, 4.69) is 15.6 Å². The third-order valence-electron chi connectivity index (χ3n) is 5.30. The summed E-state index contributed by atoms with van der Waals surface area (Å²) in [6, 6.07) is 15.2. The molecule has 5 aromatic rings. The van der Waals surface area contributed by atoms with Crippen molar-refractivity contribution in [3.8, 4) is 17.3 Å². The Hall–Kier alpha value is -4.69. The summed E-state index contributed by atoms with van der Waals surface area (Å²) in [7, 11) is 1.54. The van der Waals surface area contributed by atoms with Crippen LogP contribution in [0.5, 0.6) is 0 Å². The predicted molar refractivity (Wildman–Crippen MR) is 125 cm³/mol. The van der Waals surface area contributed by atoms with E-state index in [4.69, 9.17) is 16.0 Å². The van der Waals surface area contributed by atoms with Crippen LogP contribution in [0, 0.1) is 11.3 Å². The maximum absolute atomic E-state index is 13.2. The zero-order valence-electron chi connectivity index (χ0n) is 17.2. The number of nitriles is 1. The van der Waals surface area contributed by atoms with Gasteiger partial charge in [-0.05, 0) is 16.7 Å². The van der Waals surface area contributed by atoms with Crippen LogP contribution in [0.1, 0.15) is 15.2 Å². The van der Waals surface area contributed by atoms with Crippen molar-refractivity contribution in [3.05, 3.63) is 63.3 Å². The fourth-order valence-corrected chi connectivity index (χ4v) is 4.82. The number of fused-ring (bicyclic) bond motifs is 2. The number of carbonyl (C=O) groups excluding carboxylic acids is 1. The first kappa shape index (κ1) is 20.2. The molecule has 162 valence electrons.